The van der Waals surface area contributed by atoms with Gasteiger partial charge in [0.1, 0.15) is 11.2 Å². The molecule has 0 aliphatic heterocycles. The normalized spacial score (nSPS) is 14.3. The monoisotopic (exact) mass is 374 g/mol. The van der Waals surface area contributed by atoms with Gasteiger partial charge in [-0.2, -0.15) is 0 Å². The Morgan fingerprint density at radius 2 is 1.45 bits per heavy atom. The van der Waals surface area contributed by atoms with Crippen LogP contribution in [0.4, 0.5) is 0 Å². The number of benzene rings is 4. The van der Waals surface area contributed by atoms with Crippen LogP contribution in [0.15, 0.2) is 89.3 Å². The molecular weight excluding hydrogens is 352 g/mol. The van der Waals surface area contributed by atoms with Crippen molar-refractivity contribution in [2.75, 3.05) is 0 Å². The molecule has 0 fully saturated rings. The lowest BCUT2D eigenvalue weighted by Gasteiger charge is -2.22. The maximum atomic E-state index is 6.24. The Morgan fingerprint density at radius 1 is 0.690 bits per heavy atom. The third kappa shape index (κ3) is 2.34. The van der Waals surface area contributed by atoms with E-state index in [2.05, 4.69) is 86.6 Å². The number of para-hydroxylation sites is 2. The number of furan rings is 1. The predicted molar refractivity (Wildman–Crippen MR) is 121 cm³/mol. The average Bonchev–Trinajstić information content (AvgIpc) is 3.23. The first-order valence-corrected chi connectivity index (χ1v) is 10.3. The minimum atomic E-state index is 0.0350. The van der Waals surface area contributed by atoms with Crippen molar-refractivity contribution in [1.82, 2.24) is 0 Å². The molecule has 0 radical (unpaired) electrons. The Hall–Kier alpha value is -3.32. The summed E-state index contributed by atoms with van der Waals surface area (Å²) in [5.74, 6) is 0. The molecule has 1 aromatic heterocycles. The quantitative estimate of drug-likeness (QED) is 0.312. The topological polar surface area (TPSA) is 13.1 Å². The zero-order valence-electron chi connectivity index (χ0n) is 16.7. The van der Waals surface area contributed by atoms with Crippen molar-refractivity contribution in [3.63, 3.8) is 0 Å². The maximum Gasteiger partial charge on any atom is 0.138 e. The molecule has 0 spiro atoms. The molecule has 4 aromatic carbocycles. The lowest BCUT2D eigenvalue weighted by molar-refractivity contribution is 0.658. The van der Waals surface area contributed by atoms with E-state index >= 15 is 0 Å². The highest BCUT2D eigenvalue weighted by molar-refractivity contribution is 6.05. The van der Waals surface area contributed by atoms with Gasteiger partial charge in [0, 0.05) is 22.6 Å². The molecule has 0 saturated heterocycles. The Labute approximate surface area is 170 Å². The summed E-state index contributed by atoms with van der Waals surface area (Å²) < 4.78 is 6.24. The van der Waals surface area contributed by atoms with Gasteiger partial charge in [-0.05, 0) is 39.4 Å². The molecule has 140 valence electrons. The Balaban J connectivity index is 1.47. The molecular formula is C28H22O. The summed E-state index contributed by atoms with van der Waals surface area (Å²) in [6.07, 6.45) is 0.872. The van der Waals surface area contributed by atoms with Crippen LogP contribution in [0.5, 0.6) is 0 Å². The van der Waals surface area contributed by atoms with E-state index in [1.807, 2.05) is 12.1 Å². The van der Waals surface area contributed by atoms with Crippen LogP contribution in [0, 0.1) is 0 Å². The van der Waals surface area contributed by atoms with Crippen molar-refractivity contribution in [3.05, 3.63) is 107 Å². The molecule has 1 heterocycles. The van der Waals surface area contributed by atoms with Crippen molar-refractivity contribution in [2.45, 2.75) is 25.7 Å². The van der Waals surface area contributed by atoms with Gasteiger partial charge < -0.3 is 4.42 Å². The van der Waals surface area contributed by atoms with Crippen LogP contribution in [0.1, 0.15) is 36.1 Å². The number of fused-ring (bicyclic) bond motifs is 6. The maximum absolute atomic E-state index is 6.24. The summed E-state index contributed by atoms with van der Waals surface area (Å²) >= 11 is 0. The van der Waals surface area contributed by atoms with Gasteiger partial charge in [0.05, 0.1) is 0 Å². The molecule has 29 heavy (non-hydrogen) atoms. The number of rotatable bonds is 2. The molecule has 1 heteroatoms. The molecule has 1 aliphatic rings. The summed E-state index contributed by atoms with van der Waals surface area (Å²) in [7, 11) is 0. The van der Waals surface area contributed by atoms with Gasteiger partial charge in [-0.25, -0.2) is 0 Å². The third-order valence-corrected chi connectivity index (χ3v) is 6.53. The van der Waals surface area contributed by atoms with E-state index in [1.54, 1.807) is 0 Å². The van der Waals surface area contributed by atoms with Gasteiger partial charge in [0.2, 0.25) is 0 Å². The zero-order valence-corrected chi connectivity index (χ0v) is 16.7. The fourth-order valence-electron chi connectivity index (χ4n) is 5.03. The highest BCUT2D eigenvalue weighted by Crippen LogP contribution is 2.48. The molecule has 0 unspecified atom stereocenters. The first-order valence-electron chi connectivity index (χ1n) is 10.3. The van der Waals surface area contributed by atoms with Gasteiger partial charge in [-0.15, -0.1) is 0 Å². The summed E-state index contributed by atoms with van der Waals surface area (Å²) in [6, 6.07) is 30.6. The Morgan fingerprint density at radius 3 is 2.38 bits per heavy atom. The Kier molecular flexibility index (Phi) is 3.35. The smallest absolute Gasteiger partial charge is 0.138 e. The van der Waals surface area contributed by atoms with E-state index in [0.717, 1.165) is 17.6 Å². The largest absolute Gasteiger partial charge is 0.456 e. The van der Waals surface area contributed by atoms with Crippen molar-refractivity contribution in [3.8, 4) is 11.1 Å². The minimum absolute atomic E-state index is 0.0350. The van der Waals surface area contributed by atoms with Crippen LogP contribution in [-0.2, 0) is 11.8 Å². The Bertz CT molecular complexity index is 1400. The summed E-state index contributed by atoms with van der Waals surface area (Å²) in [6.45, 7) is 4.67. The van der Waals surface area contributed by atoms with Gasteiger partial charge in [-0.1, -0.05) is 92.7 Å². The fourth-order valence-corrected chi connectivity index (χ4v) is 5.03. The molecule has 5 aromatic rings. The molecule has 0 saturated carbocycles. The van der Waals surface area contributed by atoms with E-state index in [0.29, 0.717) is 0 Å². The first-order chi connectivity index (χ1) is 14.1. The first kappa shape index (κ1) is 16.6. The number of hydrogen-bond acceptors (Lipinski definition) is 1. The van der Waals surface area contributed by atoms with Gasteiger partial charge >= 0.3 is 0 Å². The van der Waals surface area contributed by atoms with Gasteiger partial charge in [-0.3, -0.25) is 0 Å². The predicted octanol–water partition coefficient (Wildman–Crippen LogP) is 7.48. The molecule has 1 aliphatic carbocycles. The zero-order chi connectivity index (χ0) is 19.6. The highest BCUT2D eigenvalue weighted by Gasteiger charge is 2.35. The molecule has 6 rings (SSSR count). The van der Waals surface area contributed by atoms with E-state index in [4.69, 9.17) is 4.42 Å². The van der Waals surface area contributed by atoms with Crippen LogP contribution in [-0.4, -0.2) is 0 Å². The summed E-state index contributed by atoms with van der Waals surface area (Å²) in [5, 5.41) is 2.39. The lowest BCUT2D eigenvalue weighted by Crippen LogP contribution is -2.15. The SMILES string of the molecule is CC1(C)c2ccccc2-c2ccc(Cc3cccc4c3oc3ccccc34)cc21. The van der Waals surface area contributed by atoms with Crippen molar-refractivity contribution in [2.24, 2.45) is 0 Å². The van der Waals surface area contributed by atoms with E-state index < -0.39 is 0 Å². The summed E-state index contributed by atoms with van der Waals surface area (Å²) in [4.78, 5) is 0. The third-order valence-electron chi connectivity index (χ3n) is 6.53. The average molecular weight is 374 g/mol. The van der Waals surface area contributed by atoms with Crippen molar-refractivity contribution >= 4 is 21.9 Å². The number of hydrogen-bond donors (Lipinski definition) is 0. The van der Waals surface area contributed by atoms with E-state index in [-0.39, 0.29) is 5.41 Å². The highest BCUT2D eigenvalue weighted by atomic mass is 16.3. The van der Waals surface area contributed by atoms with E-state index in [1.165, 1.54) is 44.2 Å². The second-order valence-electron chi connectivity index (χ2n) is 8.62. The van der Waals surface area contributed by atoms with Crippen LogP contribution in [0.25, 0.3) is 33.1 Å². The van der Waals surface area contributed by atoms with Crippen molar-refractivity contribution < 1.29 is 4.42 Å². The van der Waals surface area contributed by atoms with Gasteiger partial charge in [0.25, 0.3) is 0 Å². The van der Waals surface area contributed by atoms with Crippen LogP contribution < -0.4 is 0 Å². The molecule has 0 amide bonds. The van der Waals surface area contributed by atoms with Crippen LogP contribution in [0.3, 0.4) is 0 Å². The molecule has 0 atom stereocenters. The standard InChI is InChI=1S/C28H22O/c1-28(2)24-12-5-3-9-20(24)21-15-14-18(17-25(21)28)16-19-8-7-11-23-22-10-4-6-13-26(22)29-27(19)23/h3-15,17H,16H2,1-2H3. The van der Waals surface area contributed by atoms with Crippen LogP contribution >= 0.6 is 0 Å². The molecule has 0 bridgehead atoms. The fraction of sp³-hybridized carbons (Fsp3) is 0.143. The van der Waals surface area contributed by atoms with Gasteiger partial charge in [0.15, 0.2) is 0 Å². The van der Waals surface area contributed by atoms with E-state index in [9.17, 15) is 0 Å². The molecule has 0 N–H and O–H groups in total. The second-order valence-corrected chi connectivity index (χ2v) is 8.62. The summed E-state index contributed by atoms with van der Waals surface area (Å²) in [5.41, 5.74) is 10.2. The van der Waals surface area contributed by atoms with Crippen LogP contribution in [0.2, 0.25) is 0 Å². The van der Waals surface area contributed by atoms with Crippen molar-refractivity contribution in [1.29, 1.82) is 0 Å². The second kappa shape index (κ2) is 5.84. The lowest BCUT2D eigenvalue weighted by atomic mass is 9.81. The molecule has 1 nitrogen and oxygen atoms in total. The minimum Gasteiger partial charge on any atom is -0.456 e.